The van der Waals surface area contributed by atoms with E-state index in [0.717, 1.165) is 16.8 Å². The molecule has 2 heterocycles. The van der Waals surface area contributed by atoms with Crippen LogP contribution in [0.1, 0.15) is 18.4 Å². The maximum atomic E-state index is 6.17. The highest BCUT2D eigenvalue weighted by molar-refractivity contribution is 6.35. The van der Waals surface area contributed by atoms with Gasteiger partial charge in [0, 0.05) is 30.2 Å². The van der Waals surface area contributed by atoms with Crippen molar-refractivity contribution in [1.29, 1.82) is 0 Å². The predicted molar refractivity (Wildman–Crippen MR) is 72.7 cm³/mol. The highest BCUT2D eigenvalue weighted by atomic mass is 35.5. The van der Waals surface area contributed by atoms with Gasteiger partial charge in [-0.05, 0) is 37.4 Å². The zero-order chi connectivity index (χ0) is 11.8. The molecule has 0 spiro atoms. The largest absolute Gasteiger partial charge is 0.349 e. The molecule has 3 heteroatoms. The molecule has 1 aromatic heterocycles. The molecular formula is C14H17ClN2. The number of nitrogens with zero attached hydrogens (tertiary/aromatic N) is 1. The first-order valence-electron chi connectivity index (χ1n) is 6.21. The Balaban J connectivity index is 1.92. The van der Waals surface area contributed by atoms with E-state index in [1.807, 2.05) is 13.2 Å². The topological polar surface area (TPSA) is 17.0 Å². The lowest BCUT2D eigenvalue weighted by molar-refractivity contribution is 0.603. The van der Waals surface area contributed by atoms with E-state index in [4.69, 9.17) is 11.6 Å². The minimum Gasteiger partial charge on any atom is -0.349 e. The van der Waals surface area contributed by atoms with Gasteiger partial charge in [-0.25, -0.2) is 0 Å². The van der Waals surface area contributed by atoms with Gasteiger partial charge in [-0.15, -0.1) is 0 Å². The third-order valence-electron chi connectivity index (χ3n) is 3.65. The summed E-state index contributed by atoms with van der Waals surface area (Å²) in [7, 11) is 2.05. The van der Waals surface area contributed by atoms with Crippen LogP contribution in [-0.2, 0) is 13.5 Å². The zero-order valence-corrected chi connectivity index (χ0v) is 10.8. The molecule has 3 rings (SSSR count). The molecule has 1 aliphatic heterocycles. The van der Waals surface area contributed by atoms with Crippen LogP contribution in [0.4, 0.5) is 0 Å². The fraction of sp³-hybridized carbons (Fsp3) is 0.429. The monoisotopic (exact) mass is 248 g/mol. The van der Waals surface area contributed by atoms with Crippen LogP contribution in [0.3, 0.4) is 0 Å². The van der Waals surface area contributed by atoms with Crippen LogP contribution in [0, 0.1) is 0 Å². The quantitative estimate of drug-likeness (QED) is 0.864. The number of aromatic nitrogens is 1. The molecule has 1 unspecified atom stereocenters. The Morgan fingerprint density at radius 3 is 3.12 bits per heavy atom. The molecule has 0 radical (unpaired) electrons. The molecule has 1 atom stereocenters. The average molecular weight is 249 g/mol. The van der Waals surface area contributed by atoms with Crippen molar-refractivity contribution in [3.8, 4) is 0 Å². The molecule has 1 saturated heterocycles. The van der Waals surface area contributed by atoms with Crippen molar-refractivity contribution in [2.24, 2.45) is 7.05 Å². The van der Waals surface area contributed by atoms with Crippen molar-refractivity contribution in [1.82, 2.24) is 9.88 Å². The third kappa shape index (κ3) is 2.07. The Labute approximate surface area is 107 Å². The molecule has 0 aliphatic carbocycles. The Morgan fingerprint density at radius 1 is 1.47 bits per heavy atom. The Morgan fingerprint density at radius 2 is 2.35 bits per heavy atom. The van der Waals surface area contributed by atoms with E-state index in [1.165, 1.54) is 30.5 Å². The van der Waals surface area contributed by atoms with E-state index in [1.54, 1.807) is 0 Å². The zero-order valence-electron chi connectivity index (χ0n) is 10.0. The highest BCUT2D eigenvalue weighted by Crippen LogP contribution is 2.26. The summed E-state index contributed by atoms with van der Waals surface area (Å²) in [6.45, 7) is 1.17. The molecule has 0 amide bonds. The van der Waals surface area contributed by atoms with Crippen LogP contribution >= 0.6 is 11.6 Å². The molecule has 2 nitrogen and oxygen atoms in total. The Bertz CT molecular complexity index is 538. The SMILES string of the molecule is Cn1cc(Cl)c2ccc(CC3CCCN3)cc21. The smallest absolute Gasteiger partial charge is 0.0661 e. The van der Waals surface area contributed by atoms with E-state index >= 15 is 0 Å². The second-order valence-electron chi connectivity index (χ2n) is 4.94. The minimum atomic E-state index is 0.656. The summed E-state index contributed by atoms with van der Waals surface area (Å²) in [5.74, 6) is 0. The van der Waals surface area contributed by atoms with Gasteiger partial charge in [0.1, 0.15) is 0 Å². The summed E-state index contributed by atoms with van der Waals surface area (Å²) in [6, 6.07) is 7.26. The molecule has 2 aromatic rings. The molecule has 0 bridgehead atoms. The first kappa shape index (κ1) is 11.1. The number of fused-ring (bicyclic) bond motifs is 1. The molecule has 1 aromatic carbocycles. The number of hydrogen-bond donors (Lipinski definition) is 1. The van der Waals surface area contributed by atoms with Gasteiger partial charge in [-0.1, -0.05) is 23.7 Å². The third-order valence-corrected chi connectivity index (χ3v) is 3.95. The van der Waals surface area contributed by atoms with Gasteiger partial charge < -0.3 is 9.88 Å². The lowest BCUT2D eigenvalue weighted by atomic mass is 10.0. The van der Waals surface area contributed by atoms with Gasteiger partial charge in [0.15, 0.2) is 0 Å². The summed E-state index contributed by atoms with van der Waals surface area (Å²) >= 11 is 6.17. The van der Waals surface area contributed by atoms with Crippen molar-refractivity contribution in [2.45, 2.75) is 25.3 Å². The van der Waals surface area contributed by atoms with E-state index in [2.05, 4.69) is 28.1 Å². The van der Waals surface area contributed by atoms with Crippen LogP contribution in [0.5, 0.6) is 0 Å². The molecule has 90 valence electrons. The lowest BCUT2D eigenvalue weighted by Crippen LogP contribution is -2.23. The van der Waals surface area contributed by atoms with Crippen LogP contribution in [-0.4, -0.2) is 17.2 Å². The van der Waals surface area contributed by atoms with Crippen LogP contribution in [0.2, 0.25) is 5.02 Å². The van der Waals surface area contributed by atoms with Gasteiger partial charge >= 0.3 is 0 Å². The van der Waals surface area contributed by atoms with Gasteiger partial charge in [0.05, 0.1) is 5.02 Å². The van der Waals surface area contributed by atoms with Crippen LogP contribution in [0.25, 0.3) is 10.9 Å². The fourth-order valence-corrected chi connectivity index (χ4v) is 3.03. The molecule has 1 fully saturated rings. The second kappa shape index (κ2) is 4.35. The molecule has 1 aliphatic rings. The van der Waals surface area contributed by atoms with Crippen molar-refractivity contribution >= 4 is 22.5 Å². The van der Waals surface area contributed by atoms with Crippen molar-refractivity contribution < 1.29 is 0 Å². The van der Waals surface area contributed by atoms with Crippen LogP contribution < -0.4 is 5.32 Å². The van der Waals surface area contributed by atoms with E-state index in [0.29, 0.717) is 6.04 Å². The summed E-state index contributed by atoms with van der Waals surface area (Å²) in [4.78, 5) is 0. The van der Waals surface area contributed by atoms with Gasteiger partial charge in [-0.3, -0.25) is 0 Å². The molecule has 17 heavy (non-hydrogen) atoms. The molecular weight excluding hydrogens is 232 g/mol. The van der Waals surface area contributed by atoms with E-state index < -0.39 is 0 Å². The summed E-state index contributed by atoms with van der Waals surface area (Å²) in [5.41, 5.74) is 2.63. The van der Waals surface area contributed by atoms with Crippen LogP contribution in [0.15, 0.2) is 24.4 Å². The van der Waals surface area contributed by atoms with E-state index in [9.17, 15) is 0 Å². The van der Waals surface area contributed by atoms with Crippen molar-refractivity contribution in [3.63, 3.8) is 0 Å². The number of nitrogens with one attached hydrogen (secondary N) is 1. The summed E-state index contributed by atoms with van der Waals surface area (Å²) in [5, 5.41) is 5.53. The van der Waals surface area contributed by atoms with Crippen molar-refractivity contribution in [2.75, 3.05) is 6.54 Å². The predicted octanol–water partition coefficient (Wildman–Crippen LogP) is 3.13. The molecule has 1 N–H and O–H groups in total. The Kier molecular flexibility index (Phi) is 2.85. The highest BCUT2D eigenvalue weighted by Gasteiger charge is 2.15. The summed E-state index contributed by atoms with van der Waals surface area (Å²) in [6.07, 6.45) is 5.71. The standard InChI is InChI=1S/C14H17ClN2/c1-17-9-13(15)12-5-4-10(8-14(12)17)7-11-3-2-6-16-11/h4-5,8-9,11,16H,2-3,6-7H2,1H3. The molecule has 0 saturated carbocycles. The maximum absolute atomic E-state index is 6.17. The second-order valence-corrected chi connectivity index (χ2v) is 5.34. The Hall–Kier alpha value is -0.990. The van der Waals surface area contributed by atoms with E-state index in [-0.39, 0.29) is 0 Å². The number of benzene rings is 1. The van der Waals surface area contributed by atoms with Gasteiger partial charge in [-0.2, -0.15) is 0 Å². The normalized spacial score (nSPS) is 20.2. The number of halogens is 1. The maximum Gasteiger partial charge on any atom is 0.0661 e. The fourth-order valence-electron chi connectivity index (χ4n) is 2.72. The number of hydrogen-bond acceptors (Lipinski definition) is 1. The lowest BCUT2D eigenvalue weighted by Gasteiger charge is -2.10. The summed E-state index contributed by atoms with van der Waals surface area (Å²) < 4.78 is 2.10. The minimum absolute atomic E-state index is 0.656. The first-order valence-corrected chi connectivity index (χ1v) is 6.58. The van der Waals surface area contributed by atoms with Gasteiger partial charge in [0.25, 0.3) is 0 Å². The number of rotatable bonds is 2. The number of aryl methyl sites for hydroxylation is 1. The van der Waals surface area contributed by atoms with Gasteiger partial charge in [0.2, 0.25) is 0 Å². The average Bonchev–Trinajstić information content (AvgIpc) is 2.89. The van der Waals surface area contributed by atoms with Crippen molar-refractivity contribution in [3.05, 3.63) is 35.0 Å². The first-order chi connectivity index (χ1) is 8.24.